The van der Waals surface area contributed by atoms with Gasteiger partial charge in [-0.15, -0.1) is 0 Å². The average Bonchev–Trinajstić information content (AvgIpc) is 2.76. The van der Waals surface area contributed by atoms with Crippen LogP contribution in [0.5, 0.6) is 0 Å². The van der Waals surface area contributed by atoms with Gasteiger partial charge in [-0.25, -0.2) is 14.6 Å². The highest BCUT2D eigenvalue weighted by Gasteiger charge is 2.08. The molecule has 0 aliphatic rings. The van der Waals surface area contributed by atoms with Crippen LogP contribution in [0.15, 0.2) is 29.8 Å². The molecule has 2 aromatic rings. The van der Waals surface area contributed by atoms with Crippen LogP contribution in [-0.2, 0) is 4.79 Å². The lowest BCUT2D eigenvalue weighted by Crippen LogP contribution is -2.01. The Morgan fingerprint density at radius 1 is 1.50 bits per heavy atom. The predicted molar refractivity (Wildman–Crippen MR) is 69.7 cm³/mol. The fraction of sp³-hybridized carbons (Fsp3) is 0.333. The molecule has 2 heterocycles. The summed E-state index contributed by atoms with van der Waals surface area (Å²) in [6.07, 6.45) is 6.66. The van der Waals surface area contributed by atoms with Gasteiger partial charge in [0.25, 0.3) is 0 Å². The van der Waals surface area contributed by atoms with Crippen LogP contribution in [0, 0.1) is 6.92 Å². The van der Waals surface area contributed by atoms with E-state index in [4.69, 9.17) is 0 Å². The van der Waals surface area contributed by atoms with Gasteiger partial charge in [-0.05, 0) is 30.7 Å². The number of hydrogen-bond donors (Lipinski definition) is 0. The number of rotatable bonds is 4. The fourth-order valence-corrected chi connectivity index (χ4v) is 2.17. The summed E-state index contributed by atoms with van der Waals surface area (Å²) in [6, 6.07) is 1.76. The van der Waals surface area contributed by atoms with E-state index in [2.05, 4.69) is 15.1 Å². The summed E-state index contributed by atoms with van der Waals surface area (Å²) in [4.78, 5) is 19.9. The van der Waals surface area contributed by atoms with Crippen molar-refractivity contribution in [1.82, 2.24) is 19.7 Å². The van der Waals surface area contributed by atoms with Crippen molar-refractivity contribution in [1.29, 1.82) is 0 Å². The molecule has 0 N–H and O–H groups in total. The third kappa shape index (κ3) is 3.16. The number of carbonyl (C=O) groups excluding carboxylic acids is 1. The summed E-state index contributed by atoms with van der Waals surface area (Å²) in [5.41, 5.74) is 1.06. The molecule has 0 aliphatic heterocycles. The van der Waals surface area contributed by atoms with Crippen molar-refractivity contribution in [3.63, 3.8) is 0 Å². The lowest BCUT2D eigenvalue weighted by molar-refractivity contribution is -0.111. The number of carbonyl (C=O) groups is 1. The van der Waals surface area contributed by atoms with Gasteiger partial charge in [-0.1, -0.05) is 6.92 Å². The fourth-order valence-electron chi connectivity index (χ4n) is 1.40. The average molecular weight is 262 g/mol. The van der Waals surface area contributed by atoms with Crippen molar-refractivity contribution in [2.45, 2.75) is 31.8 Å². The van der Waals surface area contributed by atoms with Crippen LogP contribution in [0.2, 0.25) is 0 Å². The molecule has 0 atom stereocenters. The van der Waals surface area contributed by atoms with Gasteiger partial charge in [0.2, 0.25) is 0 Å². The lowest BCUT2D eigenvalue weighted by Gasteiger charge is -2.02. The first-order chi connectivity index (χ1) is 8.69. The highest BCUT2D eigenvalue weighted by molar-refractivity contribution is 8.13. The molecule has 0 fully saturated rings. The predicted octanol–water partition coefficient (Wildman–Crippen LogP) is 2.39. The van der Waals surface area contributed by atoms with E-state index in [1.54, 1.807) is 23.1 Å². The minimum Gasteiger partial charge on any atom is -0.287 e. The summed E-state index contributed by atoms with van der Waals surface area (Å²) in [7, 11) is 0. The van der Waals surface area contributed by atoms with E-state index < -0.39 is 0 Å². The first-order valence-electron chi connectivity index (χ1n) is 5.74. The summed E-state index contributed by atoms with van der Waals surface area (Å²) in [5.74, 6) is 0.671. The minimum absolute atomic E-state index is 0.0892. The highest BCUT2D eigenvalue weighted by atomic mass is 32.2. The molecule has 5 nitrogen and oxygen atoms in total. The van der Waals surface area contributed by atoms with Gasteiger partial charge in [-0.3, -0.25) is 4.79 Å². The van der Waals surface area contributed by atoms with Crippen molar-refractivity contribution >= 4 is 16.9 Å². The SMILES string of the molecule is CCCC(=O)Sc1nccc(-n2cc(C)cn2)n1. The molecule has 0 spiro atoms. The van der Waals surface area contributed by atoms with Gasteiger partial charge >= 0.3 is 0 Å². The van der Waals surface area contributed by atoms with Crippen molar-refractivity contribution in [2.75, 3.05) is 0 Å². The number of aryl methyl sites for hydroxylation is 1. The molecule has 0 aliphatic carbocycles. The Morgan fingerprint density at radius 2 is 2.33 bits per heavy atom. The van der Waals surface area contributed by atoms with E-state index >= 15 is 0 Å². The molecular formula is C12H14N4OS. The second-order valence-corrected chi connectivity index (χ2v) is 4.91. The molecule has 0 aromatic carbocycles. The molecule has 2 aromatic heterocycles. The number of thioether (sulfide) groups is 1. The molecule has 0 saturated carbocycles. The van der Waals surface area contributed by atoms with Gasteiger partial charge in [0.05, 0.1) is 6.20 Å². The topological polar surface area (TPSA) is 60.7 Å². The van der Waals surface area contributed by atoms with Crippen molar-refractivity contribution < 1.29 is 4.79 Å². The summed E-state index contributed by atoms with van der Waals surface area (Å²) in [6.45, 7) is 3.94. The Bertz CT molecular complexity index is 553. The third-order valence-corrected chi connectivity index (χ3v) is 3.04. The Balaban J connectivity index is 2.17. The van der Waals surface area contributed by atoms with Crippen molar-refractivity contribution in [3.8, 4) is 5.82 Å². The smallest absolute Gasteiger partial charge is 0.197 e. The largest absolute Gasteiger partial charge is 0.287 e. The Kier molecular flexibility index (Phi) is 4.09. The minimum atomic E-state index is 0.0892. The maximum absolute atomic E-state index is 11.5. The Morgan fingerprint density at radius 3 is 3.00 bits per heavy atom. The van der Waals surface area contributed by atoms with E-state index in [0.29, 0.717) is 17.4 Å². The molecule has 2 rings (SSSR count). The molecule has 94 valence electrons. The number of hydrogen-bond acceptors (Lipinski definition) is 5. The second-order valence-electron chi connectivity index (χ2n) is 3.88. The summed E-state index contributed by atoms with van der Waals surface area (Å²) >= 11 is 1.08. The molecule has 0 unspecified atom stereocenters. The highest BCUT2D eigenvalue weighted by Crippen LogP contribution is 2.17. The van der Waals surface area contributed by atoms with Crippen LogP contribution in [0.4, 0.5) is 0 Å². The summed E-state index contributed by atoms with van der Waals surface area (Å²) in [5, 5.41) is 4.74. The molecular weight excluding hydrogens is 248 g/mol. The van der Waals surface area contributed by atoms with Crippen LogP contribution in [0.1, 0.15) is 25.3 Å². The molecule has 6 heteroatoms. The zero-order chi connectivity index (χ0) is 13.0. The zero-order valence-electron chi connectivity index (χ0n) is 10.3. The Labute approximate surface area is 110 Å². The maximum Gasteiger partial charge on any atom is 0.197 e. The van der Waals surface area contributed by atoms with Gasteiger partial charge in [-0.2, -0.15) is 5.10 Å². The molecule has 18 heavy (non-hydrogen) atoms. The standard InChI is InChI=1S/C12H14N4OS/c1-3-4-11(17)18-12-13-6-5-10(15-12)16-8-9(2)7-14-16/h5-8H,3-4H2,1-2H3. The van der Waals surface area contributed by atoms with Crippen molar-refractivity contribution in [3.05, 3.63) is 30.2 Å². The monoisotopic (exact) mass is 262 g/mol. The Hall–Kier alpha value is -1.69. The van der Waals surface area contributed by atoms with E-state index in [9.17, 15) is 4.79 Å². The van der Waals surface area contributed by atoms with E-state index in [1.807, 2.05) is 20.0 Å². The van der Waals surface area contributed by atoms with Gasteiger partial charge in [0, 0.05) is 24.9 Å². The van der Waals surface area contributed by atoms with Gasteiger partial charge < -0.3 is 0 Å². The molecule has 0 amide bonds. The van der Waals surface area contributed by atoms with Crippen LogP contribution < -0.4 is 0 Å². The molecule has 0 saturated heterocycles. The van der Waals surface area contributed by atoms with E-state index in [1.165, 1.54) is 0 Å². The van der Waals surface area contributed by atoms with Gasteiger partial charge in [0.1, 0.15) is 0 Å². The maximum atomic E-state index is 11.5. The number of aromatic nitrogens is 4. The van der Waals surface area contributed by atoms with Crippen LogP contribution in [-0.4, -0.2) is 24.9 Å². The van der Waals surface area contributed by atoms with Crippen LogP contribution in [0.25, 0.3) is 5.82 Å². The van der Waals surface area contributed by atoms with Crippen LogP contribution >= 0.6 is 11.8 Å². The third-order valence-electron chi connectivity index (χ3n) is 2.22. The quantitative estimate of drug-likeness (QED) is 0.625. The lowest BCUT2D eigenvalue weighted by atomic mass is 10.4. The first-order valence-corrected chi connectivity index (χ1v) is 6.56. The van der Waals surface area contributed by atoms with E-state index in [0.717, 1.165) is 23.7 Å². The second kappa shape index (κ2) is 5.77. The first kappa shape index (κ1) is 12.8. The summed E-state index contributed by atoms with van der Waals surface area (Å²) < 4.78 is 1.67. The zero-order valence-corrected chi connectivity index (χ0v) is 11.1. The molecule has 0 bridgehead atoms. The number of nitrogens with zero attached hydrogens (tertiary/aromatic N) is 4. The molecule has 0 radical (unpaired) electrons. The normalized spacial score (nSPS) is 10.6. The van der Waals surface area contributed by atoms with Crippen molar-refractivity contribution in [2.24, 2.45) is 0 Å². The van der Waals surface area contributed by atoms with Gasteiger partial charge in [0.15, 0.2) is 16.1 Å². The van der Waals surface area contributed by atoms with E-state index in [-0.39, 0.29) is 5.12 Å². The van der Waals surface area contributed by atoms with Crippen LogP contribution in [0.3, 0.4) is 0 Å².